The van der Waals surface area contributed by atoms with E-state index in [4.69, 9.17) is 0 Å². The van der Waals surface area contributed by atoms with Gasteiger partial charge in [0, 0.05) is 30.5 Å². The number of carbonyl (C=O) groups is 1. The van der Waals surface area contributed by atoms with Gasteiger partial charge in [0.1, 0.15) is 0 Å². The molecule has 0 saturated carbocycles. The maximum Gasteiger partial charge on any atom is 0.230 e. The predicted octanol–water partition coefficient (Wildman–Crippen LogP) is 4.17. The van der Waals surface area contributed by atoms with Crippen molar-refractivity contribution < 1.29 is 4.79 Å². The Bertz CT molecular complexity index is 702. The Morgan fingerprint density at radius 1 is 1.19 bits per heavy atom. The minimum absolute atomic E-state index is 0.0496. The van der Waals surface area contributed by atoms with E-state index in [1.807, 2.05) is 12.1 Å². The molecular weight excluding hydrogens is 358 g/mol. The molecule has 6 nitrogen and oxygen atoms in total. The summed E-state index contributed by atoms with van der Waals surface area (Å²) in [4.78, 5) is 16.3. The van der Waals surface area contributed by atoms with Gasteiger partial charge < -0.3 is 9.88 Å². The molecule has 0 radical (unpaired) electrons. The average Bonchev–Trinajstić information content (AvgIpc) is 3.03. The van der Waals surface area contributed by atoms with E-state index >= 15 is 0 Å². The Labute approximate surface area is 166 Å². The molecule has 0 saturated heterocycles. The van der Waals surface area contributed by atoms with Crippen LogP contribution in [0.4, 0.5) is 0 Å². The molecule has 1 unspecified atom stereocenters. The summed E-state index contributed by atoms with van der Waals surface area (Å²) < 4.78 is 2.08. The van der Waals surface area contributed by atoms with Crippen molar-refractivity contribution in [3.63, 3.8) is 0 Å². The summed E-state index contributed by atoms with van der Waals surface area (Å²) in [5.74, 6) is 1.94. The number of carbonyl (C=O) groups excluding carboxylic acids is 1. The van der Waals surface area contributed by atoms with E-state index in [1.54, 1.807) is 12.4 Å². The van der Waals surface area contributed by atoms with Crippen LogP contribution in [0.15, 0.2) is 29.7 Å². The molecule has 0 spiro atoms. The van der Waals surface area contributed by atoms with Crippen molar-refractivity contribution in [1.29, 1.82) is 0 Å². The first-order valence-corrected chi connectivity index (χ1v) is 10.8. The van der Waals surface area contributed by atoms with Crippen molar-refractivity contribution in [2.45, 2.75) is 71.1 Å². The van der Waals surface area contributed by atoms with Crippen molar-refractivity contribution >= 4 is 17.7 Å². The molecule has 2 heterocycles. The molecule has 1 amide bonds. The van der Waals surface area contributed by atoms with E-state index in [0.717, 1.165) is 42.4 Å². The van der Waals surface area contributed by atoms with Gasteiger partial charge in [-0.05, 0) is 37.8 Å². The van der Waals surface area contributed by atoms with Crippen molar-refractivity contribution in [2.24, 2.45) is 5.92 Å². The predicted molar refractivity (Wildman–Crippen MR) is 111 cm³/mol. The highest BCUT2D eigenvalue weighted by Crippen LogP contribution is 2.24. The SMILES string of the molecule is CCCn1c(SCC(=O)NC(C)CCCC(C)C)nnc1-c1ccncc1. The number of amides is 1. The molecule has 0 aromatic carbocycles. The van der Waals surface area contributed by atoms with Crippen LogP contribution in [-0.2, 0) is 11.3 Å². The van der Waals surface area contributed by atoms with Crippen LogP contribution in [0.5, 0.6) is 0 Å². The highest BCUT2D eigenvalue weighted by molar-refractivity contribution is 7.99. The Morgan fingerprint density at radius 2 is 1.93 bits per heavy atom. The molecule has 0 aliphatic rings. The molecule has 7 heteroatoms. The second kappa shape index (κ2) is 11.1. The zero-order valence-electron chi connectivity index (χ0n) is 16.8. The van der Waals surface area contributed by atoms with Gasteiger partial charge in [0.15, 0.2) is 11.0 Å². The lowest BCUT2D eigenvalue weighted by Gasteiger charge is -2.14. The van der Waals surface area contributed by atoms with E-state index in [2.05, 4.69) is 52.8 Å². The second-order valence-electron chi connectivity index (χ2n) is 7.28. The highest BCUT2D eigenvalue weighted by atomic mass is 32.2. The van der Waals surface area contributed by atoms with E-state index in [1.165, 1.54) is 18.2 Å². The van der Waals surface area contributed by atoms with Gasteiger partial charge in [0.25, 0.3) is 0 Å². The number of nitrogens with zero attached hydrogens (tertiary/aromatic N) is 4. The monoisotopic (exact) mass is 389 g/mol. The van der Waals surface area contributed by atoms with Gasteiger partial charge in [-0.3, -0.25) is 9.78 Å². The van der Waals surface area contributed by atoms with Crippen LogP contribution in [0.1, 0.15) is 53.4 Å². The number of aromatic nitrogens is 4. The van der Waals surface area contributed by atoms with Crippen molar-refractivity contribution in [3.05, 3.63) is 24.5 Å². The van der Waals surface area contributed by atoms with Gasteiger partial charge in [-0.15, -0.1) is 10.2 Å². The van der Waals surface area contributed by atoms with Crippen molar-refractivity contribution in [2.75, 3.05) is 5.75 Å². The van der Waals surface area contributed by atoms with Crippen LogP contribution >= 0.6 is 11.8 Å². The molecule has 1 N–H and O–H groups in total. The van der Waals surface area contributed by atoms with Gasteiger partial charge >= 0.3 is 0 Å². The maximum atomic E-state index is 12.3. The Balaban J connectivity index is 1.91. The molecule has 1 atom stereocenters. The molecule has 2 aromatic heterocycles. The fraction of sp³-hybridized carbons (Fsp3) is 0.600. The third kappa shape index (κ3) is 6.97. The lowest BCUT2D eigenvalue weighted by Crippen LogP contribution is -2.33. The number of hydrogen-bond acceptors (Lipinski definition) is 5. The standard InChI is InChI=1S/C20H31N5OS/c1-5-13-25-19(17-9-11-21-12-10-17)23-24-20(25)27-14-18(26)22-16(4)8-6-7-15(2)3/h9-12,15-16H,5-8,13-14H2,1-4H3,(H,22,26). The summed E-state index contributed by atoms with van der Waals surface area (Å²) in [5.41, 5.74) is 0.987. The smallest absolute Gasteiger partial charge is 0.230 e. The summed E-state index contributed by atoms with van der Waals surface area (Å²) in [6.45, 7) is 9.47. The van der Waals surface area contributed by atoms with Crippen LogP contribution in [0.25, 0.3) is 11.4 Å². The quantitative estimate of drug-likeness (QED) is 0.584. The molecule has 2 rings (SSSR count). The maximum absolute atomic E-state index is 12.3. The minimum Gasteiger partial charge on any atom is -0.353 e. The van der Waals surface area contributed by atoms with Crippen LogP contribution in [0.3, 0.4) is 0 Å². The molecule has 0 aliphatic heterocycles. The molecule has 27 heavy (non-hydrogen) atoms. The van der Waals surface area contributed by atoms with Crippen LogP contribution in [0.2, 0.25) is 0 Å². The van der Waals surface area contributed by atoms with Gasteiger partial charge in [-0.25, -0.2) is 0 Å². The van der Waals surface area contributed by atoms with Gasteiger partial charge in [0.2, 0.25) is 5.91 Å². The van der Waals surface area contributed by atoms with E-state index < -0.39 is 0 Å². The fourth-order valence-electron chi connectivity index (χ4n) is 2.89. The first kappa shape index (κ1) is 21.4. The minimum atomic E-state index is 0.0496. The third-order valence-corrected chi connectivity index (χ3v) is 5.23. The number of hydrogen-bond donors (Lipinski definition) is 1. The lowest BCUT2D eigenvalue weighted by atomic mass is 10.0. The number of thioether (sulfide) groups is 1. The van der Waals surface area contributed by atoms with Crippen LogP contribution in [0, 0.1) is 5.92 Å². The van der Waals surface area contributed by atoms with Gasteiger partial charge in [-0.1, -0.05) is 45.4 Å². The van der Waals surface area contributed by atoms with E-state index in [0.29, 0.717) is 11.7 Å². The van der Waals surface area contributed by atoms with Gasteiger partial charge in [-0.2, -0.15) is 0 Å². The first-order valence-electron chi connectivity index (χ1n) is 9.77. The highest BCUT2D eigenvalue weighted by Gasteiger charge is 2.16. The molecule has 0 fully saturated rings. The Morgan fingerprint density at radius 3 is 2.59 bits per heavy atom. The number of rotatable bonds is 11. The summed E-state index contributed by atoms with van der Waals surface area (Å²) in [7, 11) is 0. The second-order valence-corrected chi connectivity index (χ2v) is 8.22. The molecule has 0 bridgehead atoms. The molecule has 2 aromatic rings. The number of pyridine rings is 1. The van der Waals surface area contributed by atoms with E-state index in [9.17, 15) is 4.79 Å². The summed E-state index contributed by atoms with van der Waals surface area (Å²) >= 11 is 1.44. The zero-order valence-corrected chi connectivity index (χ0v) is 17.6. The largest absolute Gasteiger partial charge is 0.353 e. The molecular formula is C20H31N5OS. The summed E-state index contributed by atoms with van der Waals surface area (Å²) in [5, 5.41) is 12.5. The summed E-state index contributed by atoms with van der Waals surface area (Å²) in [6, 6.07) is 4.06. The third-order valence-electron chi connectivity index (χ3n) is 4.26. The Hall–Kier alpha value is -1.89. The topological polar surface area (TPSA) is 72.7 Å². The number of nitrogens with one attached hydrogen (secondary N) is 1. The average molecular weight is 390 g/mol. The van der Waals surface area contributed by atoms with E-state index in [-0.39, 0.29) is 11.9 Å². The lowest BCUT2D eigenvalue weighted by molar-refractivity contribution is -0.119. The summed E-state index contributed by atoms with van der Waals surface area (Å²) in [6.07, 6.45) is 7.84. The molecule has 0 aliphatic carbocycles. The Kier molecular flexibility index (Phi) is 8.78. The normalized spacial score (nSPS) is 12.3. The molecule has 148 valence electrons. The van der Waals surface area contributed by atoms with Crippen molar-refractivity contribution in [1.82, 2.24) is 25.1 Å². The van der Waals surface area contributed by atoms with Crippen LogP contribution in [-0.4, -0.2) is 37.5 Å². The zero-order chi connectivity index (χ0) is 19.6. The van der Waals surface area contributed by atoms with Gasteiger partial charge in [0.05, 0.1) is 5.75 Å². The fourth-order valence-corrected chi connectivity index (χ4v) is 3.66. The van der Waals surface area contributed by atoms with Crippen LogP contribution < -0.4 is 5.32 Å². The van der Waals surface area contributed by atoms with Crippen molar-refractivity contribution in [3.8, 4) is 11.4 Å². The first-order chi connectivity index (χ1) is 13.0.